The zero-order valence-corrected chi connectivity index (χ0v) is 12.9. The number of carbonyl (C=O) groups is 2. The largest absolute Gasteiger partial charge is 0.391 e. The van der Waals surface area contributed by atoms with Crippen LogP contribution in [-0.4, -0.2) is 34.5 Å². The van der Waals surface area contributed by atoms with Gasteiger partial charge in [-0.25, -0.2) is 4.39 Å². The Morgan fingerprint density at radius 3 is 2.21 bits per heavy atom. The van der Waals surface area contributed by atoms with Crippen LogP contribution in [0.5, 0.6) is 0 Å². The Balaban J connectivity index is 1.86. The van der Waals surface area contributed by atoms with Gasteiger partial charge in [0.05, 0.1) is 12.1 Å². The highest BCUT2D eigenvalue weighted by molar-refractivity contribution is 5.97. The van der Waals surface area contributed by atoms with E-state index in [0.717, 1.165) is 5.56 Å². The standard InChI is InChI=1S/C18H17FN2O3/c19-14-7-5-11(6-8-14)16-9-15(22)10-21(16)18(24)13-3-1-12(2-4-13)17(20)23/h1-8,15-16,22H,9-10H2,(H2,20,23)/t15-,16-/m0/s1. The number of hydrogen-bond donors (Lipinski definition) is 2. The van der Waals surface area contributed by atoms with Gasteiger partial charge < -0.3 is 15.7 Å². The van der Waals surface area contributed by atoms with Crippen LogP contribution in [-0.2, 0) is 0 Å². The fourth-order valence-corrected chi connectivity index (χ4v) is 2.98. The maximum absolute atomic E-state index is 13.1. The Bertz CT molecular complexity index is 759. The summed E-state index contributed by atoms with van der Waals surface area (Å²) in [5, 5.41) is 9.97. The van der Waals surface area contributed by atoms with Gasteiger partial charge in [0.25, 0.3) is 5.91 Å². The lowest BCUT2D eigenvalue weighted by molar-refractivity contribution is 0.0715. The highest BCUT2D eigenvalue weighted by Crippen LogP contribution is 2.33. The van der Waals surface area contributed by atoms with Crippen LogP contribution in [0, 0.1) is 5.82 Å². The van der Waals surface area contributed by atoms with Crippen LogP contribution in [0.25, 0.3) is 0 Å². The zero-order valence-electron chi connectivity index (χ0n) is 12.9. The molecule has 0 aliphatic carbocycles. The number of likely N-dealkylation sites (tertiary alicyclic amines) is 1. The molecule has 0 aromatic heterocycles. The second kappa shape index (κ2) is 6.41. The molecule has 124 valence electrons. The molecule has 1 aliphatic rings. The molecule has 0 unspecified atom stereocenters. The van der Waals surface area contributed by atoms with Crippen LogP contribution in [0.15, 0.2) is 48.5 Å². The third-order valence-corrected chi connectivity index (χ3v) is 4.21. The van der Waals surface area contributed by atoms with Crippen molar-refractivity contribution in [2.45, 2.75) is 18.6 Å². The van der Waals surface area contributed by atoms with E-state index >= 15 is 0 Å². The van der Waals surface area contributed by atoms with Crippen LogP contribution in [0.3, 0.4) is 0 Å². The highest BCUT2D eigenvalue weighted by atomic mass is 19.1. The summed E-state index contributed by atoms with van der Waals surface area (Å²) in [6.45, 7) is 0.207. The first-order valence-electron chi connectivity index (χ1n) is 7.60. The minimum Gasteiger partial charge on any atom is -0.391 e. The van der Waals surface area contributed by atoms with Gasteiger partial charge in [-0.1, -0.05) is 12.1 Å². The first-order valence-corrected chi connectivity index (χ1v) is 7.60. The number of nitrogens with zero attached hydrogens (tertiary/aromatic N) is 1. The predicted octanol–water partition coefficient (Wildman–Crippen LogP) is 1.87. The smallest absolute Gasteiger partial charge is 0.254 e. The predicted molar refractivity (Wildman–Crippen MR) is 85.8 cm³/mol. The molecule has 1 fully saturated rings. The molecule has 0 saturated carbocycles. The average Bonchev–Trinajstić information content (AvgIpc) is 2.96. The van der Waals surface area contributed by atoms with E-state index in [4.69, 9.17) is 5.73 Å². The number of nitrogens with two attached hydrogens (primary N) is 1. The van der Waals surface area contributed by atoms with Crippen LogP contribution in [0.2, 0.25) is 0 Å². The Labute approximate surface area is 138 Å². The Kier molecular flexibility index (Phi) is 4.31. The van der Waals surface area contributed by atoms with Gasteiger partial charge in [0.1, 0.15) is 5.82 Å². The lowest BCUT2D eigenvalue weighted by atomic mass is 10.0. The topological polar surface area (TPSA) is 83.6 Å². The monoisotopic (exact) mass is 328 g/mol. The molecule has 2 atom stereocenters. The van der Waals surface area contributed by atoms with Crippen LogP contribution >= 0.6 is 0 Å². The molecule has 24 heavy (non-hydrogen) atoms. The van der Waals surface area contributed by atoms with Gasteiger partial charge in [0, 0.05) is 17.7 Å². The summed E-state index contributed by atoms with van der Waals surface area (Å²) in [5.41, 5.74) is 6.69. The number of carbonyl (C=O) groups excluding carboxylic acids is 2. The number of halogens is 1. The Hall–Kier alpha value is -2.73. The number of benzene rings is 2. The van der Waals surface area contributed by atoms with Crippen molar-refractivity contribution in [1.82, 2.24) is 4.90 Å². The van der Waals surface area contributed by atoms with Gasteiger partial charge >= 0.3 is 0 Å². The lowest BCUT2D eigenvalue weighted by Gasteiger charge is -2.25. The first-order chi connectivity index (χ1) is 11.5. The first kappa shape index (κ1) is 16.1. The van der Waals surface area contributed by atoms with Gasteiger partial charge in [-0.15, -0.1) is 0 Å². The van der Waals surface area contributed by atoms with E-state index < -0.39 is 12.0 Å². The van der Waals surface area contributed by atoms with Crippen molar-refractivity contribution in [3.05, 3.63) is 71.0 Å². The summed E-state index contributed by atoms with van der Waals surface area (Å²) < 4.78 is 13.1. The molecule has 2 aromatic rings. The molecule has 1 saturated heterocycles. The SMILES string of the molecule is NC(=O)c1ccc(C(=O)N2C[C@@H](O)C[C@H]2c2ccc(F)cc2)cc1. The molecule has 5 nitrogen and oxygen atoms in total. The molecule has 0 bridgehead atoms. The van der Waals surface area contributed by atoms with E-state index in [0.29, 0.717) is 17.5 Å². The summed E-state index contributed by atoms with van der Waals surface area (Å²) in [6, 6.07) is 11.7. The third kappa shape index (κ3) is 3.14. The number of amides is 2. The van der Waals surface area contributed by atoms with E-state index in [-0.39, 0.29) is 24.3 Å². The molecular formula is C18H17FN2O3. The fourth-order valence-electron chi connectivity index (χ4n) is 2.98. The van der Waals surface area contributed by atoms with Gasteiger partial charge in [-0.2, -0.15) is 0 Å². The highest BCUT2D eigenvalue weighted by Gasteiger charge is 2.35. The van der Waals surface area contributed by atoms with Crippen molar-refractivity contribution in [2.24, 2.45) is 5.73 Å². The molecule has 3 rings (SSSR count). The summed E-state index contributed by atoms with van der Waals surface area (Å²) in [5.74, 6) is -1.16. The van der Waals surface area contributed by atoms with Crippen molar-refractivity contribution in [3.63, 3.8) is 0 Å². The normalized spacial score (nSPS) is 20.2. The Morgan fingerprint density at radius 2 is 1.62 bits per heavy atom. The molecule has 1 heterocycles. The maximum atomic E-state index is 13.1. The van der Waals surface area contributed by atoms with Crippen LogP contribution < -0.4 is 5.73 Å². The van der Waals surface area contributed by atoms with E-state index in [1.54, 1.807) is 17.0 Å². The third-order valence-electron chi connectivity index (χ3n) is 4.21. The van der Waals surface area contributed by atoms with E-state index in [2.05, 4.69) is 0 Å². The van der Waals surface area contributed by atoms with E-state index in [1.807, 2.05) is 0 Å². The van der Waals surface area contributed by atoms with Crippen LogP contribution in [0.1, 0.15) is 38.7 Å². The lowest BCUT2D eigenvalue weighted by Crippen LogP contribution is -2.31. The molecular weight excluding hydrogens is 311 g/mol. The van der Waals surface area contributed by atoms with Crippen molar-refractivity contribution in [2.75, 3.05) is 6.54 Å². The van der Waals surface area contributed by atoms with Crippen molar-refractivity contribution in [1.29, 1.82) is 0 Å². The number of primary amides is 1. The molecule has 6 heteroatoms. The quantitative estimate of drug-likeness (QED) is 0.902. The number of aliphatic hydroxyl groups is 1. The fraction of sp³-hybridized carbons (Fsp3) is 0.222. The van der Waals surface area contributed by atoms with Gasteiger partial charge in [-0.05, 0) is 48.4 Å². The van der Waals surface area contributed by atoms with E-state index in [1.165, 1.54) is 36.4 Å². The second-order valence-corrected chi connectivity index (χ2v) is 5.86. The van der Waals surface area contributed by atoms with E-state index in [9.17, 15) is 19.1 Å². The van der Waals surface area contributed by atoms with Crippen molar-refractivity contribution in [3.8, 4) is 0 Å². The van der Waals surface area contributed by atoms with Crippen molar-refractivity contribution < 1.29 is 19.1 Å². The summed E-state index contributed by atoms with van der Waals surface area (Å²) in [4.78, 5) is 25.4. The molecule has 1 aliphatic heterocycles. The minimum atomic E-state index is -0.631. The molecule has 0 spiro atoms. The summed E-state index contributed by atoms with van der Waals surface area (Å²) >= 11 is 0. The van der Waals surface area contributed by atoms with Gasteiger partial charge in [-0.3, -0.25) is 9.59 Å². The van der Waals surface area contributed by atoms with Gasteiger partial charge in [0.15, 0.2) is 0 Å². The average molecular weight is 328 g/mol. The Morgan fingerprint density at radius 1 is 1.04 bits per heavy atom. The van der Waals surface area contributed by atoms with Gasteiger partial charge in [0.2, 0.25) is 5.91 Å². The number of rotatable bonds is 3. The summed E-state index contributed by atoms with van der Waals surface area (Å²) in [7, 11) is 0. The number of hydrogen-bond acceptors (Lipinski definition) is 3. The molecule has 0 radical (unpaired) electrons. The van der Waals surface area contributed by atoms with Crippen LogP contribution in [0.4, 0.5) is 4.39 Å². The second-order valence-electron chi connectivity index (χ2n) is 5.86. The number of β-amino-alcohol motifs (C(OH)–C–C–N with tert-alkyl or cyclic N) is 1. The summed E-state index contributed by atoms with van der Waals surface area (Å²) in [6.07, 6.45) is -0.231. The minimum absolute atomic E-state index is 0.207. The maximum Gasteiger partial charge on any atom is 0.254 e. The number of aliphatic hydroxyl groups excluding tert-OH is 1. The molecule has 3 N–H and O–H groups in total. The zero-order chi connectivity index (χ0) is 17.3. The molecule has 2 aromatic carbocycles. The van der Waals surface area contributed by atoms with Crippen molar-refractivity contribution >= 4 is 11.8 Å². The molecule has 2 amide bonds.